The predicted octanol–water partition coefficient (Wildman–Crippen LogP) is 1.74. The average Bonchev–Trinajstić information content (AvgIpc) is 2.97. The first-order chi connectivity index (χ1) is 9.74. The van der Waals surface area contributed by atoms with Gasteiger partial charge in [0.1, 0.15) is 17.8 Å². The van der Waals surface area contributed by atoms with Gasteiger partial charge in [-0.3, -0.25) is 4.79 Å². The van der Waals surface area contributed by atoms with E-state index in [0.29, 0.717) is 29.1 Å². The number of pyridine rings is 1. The molecule has 0 aliphatic carbocycles. The molecular weight excluding hydrogens is 256 g/mol. The van der Waals surface area contributed by atoms with Crippen molar-refractivity contribution in [3.8, 4) is 0 Å². The predicted molar refractivity (Wildman–Crippen MR) is 73.8 cm³/mol. The van der Waals surface area contributed by atoms with Gasteiger partial charge in [-0.05, 0) is 12.1 Å². The normalized spacial score (nSPS) is 10.6. The number of anilines is 1. The van der Waals surface area contributed by atoms with Crippen molar-refractivity contribution in [1.82, 2.24) is 15.5 Å². The van der Waals surface area contributed by atoms with Crippen molar-refractivity contribution in [2.24, 2.45) is 0 Å². The van der Waals surface area contributed by atoms with Gasteiger partial charge in [0.2, 0.25) is 0 Å². The fraction of sp³-hybridized carbons (Fsp3) is 0.0714. The summed E-state index contributed by atoms with van der Waals surface area (Å²) in [5.41, 5.74) is 7.58. The van der Waals surface area contributed by atoms with E-state index < -0.39 is 0 Å². The molecule has 0 spiro atoms. The van der Waals surface area contributed by atoms with Crippen molar-refractivity contribution < 1.29 is 9.32 Å². The van der Waals surface area contributed by atoms with E-state index in [1.54, 1.807) is 12.1 Å². The molecule has 0 fully saturated rings. The Morgan fingerprint density at radius 3 is 2.95 bits per heavy atom. The van der Waals surface area contributed by atoms with Gasteiger partial charge >= 0.3 is 0 Å². The number of hydrogen-bond donors (Lipinski definition) is 2. The summed E-state index contributed by atoms with van der Waals surface area (Å²) in [5.74, 6) is 0.0913. The van der Waals surface area contributed by atoms with Crippen LogP contribution in [-0.2, 0) is 6.54 Å². The molecular formula is C14H12N4O2. The maximum atomic E-state index is 12.3. The minimum Gasteiger partial charge on any atom is -0.384 e. The van der Waals surface area contributed by atoms with Gasteiger partial charge < -0.3 is 15.6 Å². The Hall–Kier alpha value is -2.89. The quantitative estimate of drug-likeness (QED) is 0.754. The van der Waals surface area contributed by atoms with Crippen molar-refractivity contribution in [3.63, 3.8) is 0 Å². The van der Waals surface area contributed by atoms with Crippen molar-refractivity contribution in [3.05, 3.63) is 53.9 Å². The van der Waals surface area contributed by atoms with Gasteiger partial charge in [-0.2, -0.15) is 0 Å². The summed E-state index contributed by atoms with van der Waals surface area (Å²) in [4.78, 5) is 16.5. The zero-order valence-corrected chi connectivity index (χ0v) is 10.5. The molecule has 100 valence electrons. The zero-order valence-electron chi connectivity index (χ0n) is 10.5. The molecule has 6 heteroatoms. The van der Waals surface area contributed by atoms with Crippen LogP contribution in [0.5, 0.6) is 0 Å². The Morgan fingerprint density at radius 2 is 2.15 bits per heavy atom. The van der Waals surface area contributed by atoms with E-state index in [-0.39, 0.29) is 5.91 Å². The van der Waals surface area contributed by atoms with Crippen LogP contribution in [0.4, 0.5) is 5.82 Å². The SMILES string of the molecule is Nc1cc(C(=O)NCc2ccon2)c2ccccc2n1. The second-order valence-corrected chi connectivity index (χ2v) is 4.29. The van der Waals surface area contributed by atoms with Gasteiger partial charge in [0.25, 0.3) is 5.91 Å². The molecule has 2 aromatic heterocycles. The van der Waals surface area contributed by atoms with Gasteiger partial charge in [0.15, 0.2) is 0 Å². The second kappa shape index (κ2) is 5.00. The standard InChI is InChI=1S/C14H12N4O2/c15-13-7-11(10-3-1-2-4-12(10)17-13)14(19)16-8-9-5-6-20-18-9/h1-7H,8H2,(H2,15,17)(H,16,19). The third kappa shape index (κ3) is 2.31. The third-order valence-electron chi connectivity index (χ3n) is 2.90. The Balaban J connectivity index is 1.90. The van der Waals surface area contributed by atoms with Crippen LogP contribution in [0.15, 0.2) is 47.2 Å². The molecule has 0 bridgehead atoms. The molecule has 0 aliphatic heterocycles. The van der Waals surface area contributed by atoms with Crippen LogP contribution in [0.1, 0.15) is 16.1 Å². The lowest BCUT2D eigenvalue weighted by Crippen LogP contribution is -2.23. The number of amides is 1. The molecule has 1 aromatic carbocycles. The minimum atomic E-state index is -0.224. The van der Waals surface area contributed by atoms with E-state index in [1.165, 1.54) is 6.26 Å². The van der Waals surface area contributed by atoms with E-state index in [0.717, 1.165) is 5.39 Å². The van der Waals surface area contributed by atoms with Crippen LogP contribution in [0, 0.1) is 0 Å². The van der Waals surface area contributed by atoms with Crippen molar-refractivity contribution in [2.75, 3.05) is 5.73 Å². The highest BCUT2D eigenvalue weighted by atomic mass is 16.5. The van der Waals surface area contributed by atoms with Crippen LogP contribution in [0.3, 0.4) is 0 Å². The molecule has 3 aromatic rings. The van der Waals surface area contributed by atoms with Crippen LogP contribution < -0.4 is 11.1 Å². The van der Waals surface area contributed by atoms with Crippen LogP contribution >= 0.6 is 0 Å². The zero-order chi connectivity index (χ0) is 13.9. The summed E-state index contributed by atoms with van der Waals surface area (Å²) in [7, 11) is 0. The molecule has 0 saturated carbocycles. The number of nitrogens with one attached hydrogen (secondary N) is 1. The first-order valence-corrected chi connectivity index (χ1v) is 6.07. The lowest BCUT2D eigenvalue weighted by atomic mass is 10.1. The number of nitrogen functional groups attached to an aromatic ring is 1. The van der Waals surface area contributed by atoms with E-state index >= 15 is 0 Å². The van der Waals surface area contributed by atoms with E-state index in [1.807, 2.05) is 24.3 Å². The number of rotatable bonds is 3. The molecule has 6 nitrogen and oxygen atoms in total. The van der Waals surface area contributed by atoms with Gasteiger partial charge in [-0.15, -0.1) is 0 Å². The van der Waals surface area contributed by atoms with Crippen LogP contribution in [-0.4, -0.2) is 16.0 Å². The van der Waals surface area contributed by atoms with Crippen molar-refractivity contribution in [1.29, 1.82) is 0 Å². The summed E-state index contributed by atoms with van der Waals surface area (Å²) in [6, 6.07) is 10.6. The number of fused-ring (bicyclic) bond motifs is 1. The molecule has 0 unspecified atom stereocenters. The fourth-order valence-electron chi connectivity index (χ4n) is 1.98. The first-order valence-electron chi connectivity index (χ1n) is 6.07. The van der Waals surface area contributed by atoms with Gasteiger partial charge in [-0.1, -0.05) is 23.4 Å². The molecule has 3 N–H and O–H groups in total. The molecule has 0 saturated heterocycles. The number of para-hydroxylation sites is 1. The van der Waals surface area contributed by atoms with E-state index in [9.17, 15) is 4.79 Å². The monoisotopic (exact) mass is 268 g/mol. The third-order valence-corrected chi connectivity index (χ3v) is 2.90. The summed E-state index contributed by atoms with van der Waals surface area (Å²) < 4.78 is 4.71. The molecule has 1 amide bonds. The number of carbonyl (C=O) groups excluding carboxylic acids is 1. The largest absolute Gasteiger partial charge is 0.384 e. The maximum absolute atomic E-state index is 12.3. The number of benzene rings is 1. The molecule has 2 heterocycles. The lowest BCUT2D eigenvalue weighted by Gasteiger charge is -2.07. The fourth-order valence-corrected chi connectivity index (χ4v) is 1.98. The Morgan fingerprint density at radius 1 is 1.30 bits per heavy atom. The summed E-state index contributed by atoms with van der Waals surface area (Å²) >= 11 is 0. The Bertz CT molecular complexity index is 753. The highest BCUT2D eigenvalue weighted by Crippen LogP contribution is 2.19. The van der Waals surface area contributed by atoms with Crippen molar-refractivity contribution >= 4 is 22.6 Å². The number of nitrogens with two attached hydrogens (primary N) is 1. The summed E-state index contributed by atoms with van der Waals surface area (Å²) in [6.45, 7) is 0.298. The highest BCUT2D eigenvalue weighted by molar-refractivity contribution is 6.06. The first kappa shape index (κ1) is 12.2. The Labute approximate surface area is 114 Å². The minimum absolute atomic E-state index is 0.224. The molecule has 20 heavy (non-hydrogen) atoms. The summed E-state index contributed by atoms with van der Waals surface area (Å²) in [6.07, 6.45) is 1.46. The van der Waals surface area contributed by atoms with E-state index in [4.69, 9.17) is 10.3 Å². The van der Waals surface area contributed by atoms with Gasteiger partial charge in [0, 0.05) is 11.5 Å². The molecule has 0 atom stereocenters. The van der Waals surface area contributed by atoms with E-state index in [2.05, 4.69) is 15.5 Å². The number of carbonyl (C=O) groups is 1. The van der Waals surface area contributed by atoms with Gasteiger partial charge in [-0.25, -0.2) is 4.98 Å². The number of aromatic nitrogens is 2. The lowest BCUT2D eigenvalue weighted by molar-refractivity contribution is 0.0951. The van der Waals surface area contributed by atoms with Crippen LogP contribution in [0.2, 0.25) is 0 Å². The maximum Gasteiger partial charge on any atom is 0.252 e. The summed E-state index contributed by atoms with van der Waals surface area (Å²) in [5, 5.41) is 7.27. The number of hydrogen-bond acceptors (Lipinski definition) is 5. The average molecular weight is 268 g/mol. The molecule has 0 radical (unpaired) electrons. The highest BCUT2D eigenvalue weighted by Gasteiger charge is 2.12. The van der Waals surface area contributed by atoms with Crippen LogP contribution in [0.25, 0.3) is 10.9 Å². The molecule has 0 aliphatic rings. The number of nitrogens with zero attached hydrogens (tertiary/aromatic N) is 2. The second-order valence-electron chi connectivity index (χ2n) is 4.29. The van der Waals surface area contributed by atoms with Gasteiger partial charge in [0.05, 0.1) is 17.6 Å². The topological polar surface area (TPSA) is 94.0 Å². The Kier molecular flexibility index (Phi) is 3.04. The smallest absolute Gasteiger partial charge is 0.252 e. The molecule has 3 rings (SSSR count). The van der Waals surface area contributed by atoms with Crippen molar-refractivity contribution in [2.45, 2.75) is 6.54 Å².